The van der Waals surface area contributed by atoms with Crippen molar-refractivity contribution in [1.82, 2.24) is 0 Å². The van der Waals surface area contributed by atoms with Crippen LogP contribution in [0.1, 0.15) is 25.6 Å². The van der Waals surface area contributed by atoms with Gasteiger partial charge >= 0.3 is 5.97 Å². The van der Waals surface area contributed by atoms with E-state index in [9.17, 15) is 13.2 Å². The van der Waals surface area contributed by atoms with Gasteiger partial charge in [0.05, 0.1) is 16.9 Å². The fourth-order valence-corrected chi connectivity index (χ4v) is 2.78. The first kappa shape index (κ1) is 15.2. The molecule has 6 heteroatoms. The maximum atomic E-state index is 11.8. The number of carbonyl (C=O) groups is 1. The lowest BCUT2D eigenvalue weighted by molar-refractivity contribution is -0.142. The van der Waals surface area contributed by atoms with Gasteiger partial charge in [0.1, 0.15) is 6.61 Å². The lowest BCUT2D eigenvalue weighted by atomic mass is 10.3. The van der Waals surface area contributed by atoms with Crippen LogP contribution in [0.2, 0.25) is 0 Å². The molecule has 0 radical (unpaired) electrons. The average molecular weight is 290 g/mol. The summed E-state index contributed by atoms with van der Waals surface area (Å²) in [5.41, 5.74) is 0. The van der Waals surface area contributed by atoms with Gasteiger partial charge in [-0.15, -0.1) is 11.3 Å². The molecule has 0 unspecified atom stereocenters. The van der Waals surface area contributed by atoms with Crippen molar-refractivity contribution in [3.05, 3.63) is 22.4 Å². The van der Waals surface area contributed by atoms with E-state index in [1.165, 1.54) is 11.3 Å². The second kappa shape index (κ2) is 5.84. The summed E-state index contributed by atoms with van der Waals surface area (Å²) >= 11 is 1.48. The zero-order valence-corrected chi connectivity index (χ0v) is 12.4. The van der Waals surface area contributed by atoms with Crippen molar-refractivity contribution in [3.63, 3.8) is 0 Å². The summed E-state index contributed by atoms with van der Waals surface area (Å²) < 4.78 is 27.6. The Hall–Kier alpha value is -0.880. The molecule has 102 valence electrons. The van der Waals surface area contributed by atoms with Gasteiger partial charge in [-0.2, -0.15) is 0 Å². The van der Waals surface area contributed by atoms with E-state index in [1.54, 1.807) is 20.8 Å². The van der Waals surface area contributed by atoms with E-state index in [-0.39, 0.29) is 24.7 Å². The Morgan fingerprint density at radius 1 is 1.39 bits per heavy atom. The molecule has 0 N–H and O–H groups in total. The lowest BCUT2D eigenvalue weighted by Gasteiger charge is -2.18. The SMILES string of the molecule is CC(C)(C)S(=O)(=O)CCOC(=O)Cc1cccs1. The Bertz CT molecular complexity index is 481. The minimum absolute atomic E-state index is 0.0796. The monoisotopic (exact) mass is 290 g/mol. The smallest absolute Gasteiger partial charge is 0.311 e. The molecular formula is C12H18O4S2. The normalized spacial score (nSPS) is 12.4. The Morgan fingerprint density at radius 3 is 2.56 bits per heavy atom. The molecule has 0 aliphatic carbocycles. The molecule has 0 saturated carbocycles. The second-order valence-electron chi connectivity index (χ2n) is 4.91. The van der Waals surface area contributed by atoms with Crippen LogP contribution in [-0.2, 0) is 25.8 Å². The third-order valence-electron chi connectivity index (χ3n) is 2.45. The number of hydrogen-bond acceptors (Lipinski definition) is 5. The third kappa shape index (κ3) is 4.42. The highest BCUT2D eigenvalue weighted by Crippen LogP contribution is 2.16. The van der Waals surface area contributed by atoms with E-state index in [2.05, 4.69) is 0 Å². The summed E-state index contributed by atoms with van der Waals surface area (Å²) in [6.07, 6.45) is 0.202. The summed E-state index contributed by atoms with van der Waals surface area (Å²) in [7, 11) is -3.23. The Morgan fingerprint density at radius 2 is 2.06 bits per heavy atom. The predicted molar refractivity (Wildman–Crippen MR) is 72.5 cm³/mol. The summed E-state index contributed by atoms with van der Waals surface area (Å²) in [5.74, 6) is -0.520. The fraction of sp³-hybridized carbons (Fsp3) is 0.583. The summed E-state index contributed by atoms with van der Waals surface area (Å²) in [4.78, 5) is 12.4. The van der Waals surface area contributed by atoms with Gasteiger partial charge in [0.25, 0.3) is 0 Å². The highest BCUT2D eigenvalue weighted by atomic mass is 32.2. The van der Waals surface area contributed by atoms with Crippen molar-refractivity contribution in [2.75, 3.05) is 12.4 Å². The molecule has 0 atom stereocenters. The van der Waals surface area contributed by atoms with Crippen molar-refractivity contribution in [2.24, 2.45) is 0 Å². The first-order valence-electron chi connectivity index (χ1n) is 5.63. The van der Waals surface area contributed by atoms with Gasteiger partial charge in [-0.25, -0.2) is 8.42 Å². The van der Waals surface area contributed by atoms with Gasteiger partial charge in [-0.1, -0.05) is 6.07 Å². The number of hydrogen-bond donors (Lipinski definition) is 0. The van der Waals surface area contributed by atoms with E-state index >= 15 is 0 Å². The molecule has 0 aromatic carbocycles. The van der Waals surface area contributed by atoms with Gasteiger partial charge in [0, 0.05) is 4.88 Å². The quantitative estimate of drug-likeness (QED) is 0.779. The Kier molecular flexibility index (Phi) is 4.92. The summed E-state index contributed by atoms with van der Waals surface area (Å²) in [6.45, 7) is 4.82. The maximum Gasteiger partial charge on any atom is 0.311 e. The number of esters is 1. The Labute approximate surface area is 112 Å². The van der Waals surface area contributed by atoms with Crippen molar-refractivity contribution in [2.45, 2.75) is 31.9 Å². The maximum absolute atomic E-state index is 11.8. The molecule has 0 aliphatic heterocycles. The minimum atomic E-state index is -3.23. The zero-order valence-electron chi connectivity index (χ0n) is 10.8. The van der Waals surface area contributed by atoms with Crippen molar-refractivity contribution < 1.29 is 17.9 Å². The third-order valence-corrected chi connectivity index (χ3v) is 5.89. The minimum Gasteiger partial charge on any atom is -0.464 e. The molecule has 4 nitrogen and oxygen atoms in total. The summed E-state index contributed by atoms with van der Waals surface area (Å²) in [5, 5.41) is 1.88. The fourth-order valence-electron chi connectivity index (χ4n) is 1.18. The van der Waals surface area contributed by atoms with Crippen LogP contribution in [0.5, 0.6) is 0 Å². The van der Waals surface area contributed by atoms with E-state index in [1.807, 2.05) is 17.5 Å². The molecule has 0 fully saturated rings. The zero-order chi connectivity index (χ0) is 13.8. The number of sulfone groups is 1. The molecule has 1 aromatic rings. The van der Waals surface area contributed by atoms with Gasteiger partial charge < -0.3 is 4.74 Å². The van der Waals surface area contributed by atoms with Crippen LogP contribution in [0.25, 0.3) is 0 Å². The number of ether oxygens (including phenoxy) is 1. The van der Waals surface area contributed by atoms with Crippen molar-refractivity contribution in [3.8, 4) is 0 Å². The largest absolute Gasteiger partial charge is 0.464 e. The van der Waals surface area contributed by atoms with Crippen molar-refractivity contribution >= 4 is 27.1 Å². The number of carbonyl (C=O) groups excluding carboxylic acids is 1. The first-order valence-corrected chi connectivity index (χ1v) is 8.16. The highest BCUT2D eigenvalue weighted by molar-refractivity contribution is 7.92. The molecule has 0 saturated heterocycles. The molecule has 0 bridgehead atoms. The molecule has 1 aromatic heterocycles. The van der Waals surface area contributed by atoms with Gasteiger partial charge in [-0.3, -0.25) is 4.79 Å². The average Bonchev–Trinajstić information content (AvgIpc) is 2.68. The molecule has 1 heterocycles. The van der Waals surface area contributed by atoms with Gasteiger partial charge in [0.15, 0.2) is 9.84 Å². The molecule has 0 amide bonds. The number of thiophene rings is 1. The van der Waals surface area contributed by atoms with E-state index in [0.717, 1.165) is 4.88 Å². The molecule has 0 spiro atoms. The van der Waals surface area contributed by atoms with Gasteiger partial charge in [0.2, 0.25) is 0 Å². The Balaban J connectivity index is 2.37. The molecular weight excluding hydrogens is 272 g/mol. The number of rotatable bonds is 5. The standard InChI is InChI=1S/C12H18O4S2/c1-12(2,3)18(14,15)8-6-16-11(13)9-10-5-4-7-17-10/h4-5,7H,6,8-9H2,1-3H3. The van der Waals surface area contributed by atoms with Crippen LogP contribution < -0.4 is 0 Å². The van der Waals surface area contributed by atoms with E-state index in [0.29, 0.717) is 0 Å². The lowest BCUT2D eigenvalue weighted by Crippen LogP contribution is -2.32. The van der Waals surface area contributed by atoms with Crippen LogP contribution in [0, 0.1) is 0 Å². The van der Waals surface area contributed by atoms with Crippen LogP contribution in [0.3, 0.4) is 0 Å². The molecule has 1 rings (SSSR count). The van der Waals surface area contributed by atoms with E-state index in [4.69, 9.17) is 4.74 Å². The molecule has 0 aliphatic rings. The van der Waals surface area contributed by atoms with Crippen LogP contribution in [0.15, 0.2) is 17.5 Å². The second-order valence-corrected chi connectivity index (χ2v) is 8.80. The molecule has 18 heavy (non-hydrogen) atoms. The first-order chi connectivity index (χ1) is 8.22. The predicted octanol–water partition coefficient (Wildman–Crippen LogP) is 2.05. The van der Waals surface area contributed by atoms with Crippen LogP contribution in [0.4, 0.5) is 0 Å². The van der Waals surface area contributed by atoms with Crippen molar-refractivity contribution in [1.29, 1.82) is 0 Å². The topological polar surface area (TPSA) is 60.4 Å². The highest BCUT2D eigenvalue weighted by Gasteiger charge is 2.28. The van der Waals surface area contributed by atoms with E-state index < -0.39 is 14.6 Å². The van der Waals surface area contributed by atoms with Crippen LogP contribution >= 0.6 is 11.3 Å². The van der Waals surface area contributed by atoms with Gasteiger partial charge in [-0.05, 0) is 32.2 Å². The summed E-state index contributed by atoms with van der Waals surface area (Å²) in [6, 6.07) is 3.70. The van der Waals surface area contributed by atoms with Crippen LogP contribution in [-0.4, -0.2) is 31.5 Å².